The fraction of sp³-hybridized carbons (Fsp3) is 0.364. The van der Waals surface area contributed by atoms with Crippen molar-refractivity contribution in [2.45, 2.75) is 19.8 Å². The van der Waals surface area contributed by atoms with Crippen molar-refractivity contribution < 1.29 is 9.90 Å². The number of hydrogen-bond acceptors (Lipinski definition) is 3. The summed E-state index contributed by atoms with van der Waals surface area (Å²) in [7, 11) is 0. The van der Waals surface area contributed by atoms with Crippen molar-refractivity contribution in [3.63, 3.8) is 0 Å². The molecule has 4 heteroatoms. The molecule has 0 aliphatic carbocycles. The van der Waals surface area contributed by atoms with Gasteiger partial charge in [0.1, 0.15) is 0 Å². The van der Waals surface area contributed by atoms with E-state index in [-0.39, 0.29) is 6.42 Å². The van der Waals surface area contributed by atoms with Gasteiger partial charge in [0.15, 0.2) is 0 Å². The van der Waals surface area contributed by atoms with Crippen LogP contribution in [0.4, 0.5) is 0 Å². The summed E-state index contributed by atoms with van der Waals surface area (Å²) >= 11 is 4.28. The normalized spacial score (nSPS) is 8.60. The van der Waals surface area contributed by atoms with Crippen LogP contribution in [0, 0.1) is 0 Å². The fourth-order valence-corrected chi connectivity index (χ4v) is 1.04. The van der Waals surface area contributed by atoms with Crippen LogP contribution in [0.25, 0.3) is 0 Å². The molecular formula is C11H15NO2S. The molecule has 0 aliphatic heterocycles. The van der Waals surface area contributed by atoms with Gasteiger partial charge in [-0.05, 0) is 12.0 Å². The Labute approximate surface area is 95.3 Å². The largest absolute Gasteiger partial charge is 0.481 e. The first-order valence-corrected chi connectivity index (χ1v) is 5.12. The molecule has 0 aliphatic rings. The van der Waals surface area contributed by atoms with Crippen LogP contribution in [0.5, 0.6) is 0 Å². The summed E-state index contributed by atoms with van der Waals surface area (Å²) in [4.78, 5) is 10.2. The third kappa shape index (κ3) is 9.02. The van der Waals surface area contributed by atoms with Gasteiger partial charge in [-0.1, -0.05) is 37.3 Å². The lowest BCUT2D eigenvalue weighted by molar-refractivity contribution is -0.136. The van der Waals surface area contributed by atoms with Crippen LogP contribution in [0.1, 0.15) is 18.9 Å². The van der Waals surface area contributed by atoms with Crippen molar-refractivity contribution in [3.8, 4) is 0 Å². The van der Waals surface area contributed by atoms with E-state index in [0.29, 0.717) is 0 Å². The first-order chi connectivity index (χ1) is 7.20. The fourth-order valence-electron chi connectivity index (χ4n) is 0.862. The van der Waals surface area contributed by atoms with Crippen LogP contribution in [0.2, 0.25) is 0 Å². The molecule has 1 aromatic carbocycles. The Balaban J connectivity index is 0.000000336. The summed E-state index contributed by atoms with van der Waals surface area (Å²) in [6.07, 6.45) is 1.18. The van der Waals surface area contributed by atoms with E-state index in [1.165, 1.54) is 0 Å². The number of carboxylic acids is 1. The van der Waals surface area contributed by atoms with Gasteiger partial charge in [0.05, 0.1) is 13.0 Å². The van der Waals surface area contributed by atoms with E-state index >= 15 is 0 Å². The summed E-state index contributed by atoms with van der Waals surface area (Å²) < 4.78 is 3.44. The average Bonchev–Trinajstić information content (AvgIpc) is 2.20. The average molecular weight is 225 g/mol. The quantitative estimate of drug-likeness (QED) is 0.856. The van der Waals surface area contributed by atoms with Gasteiger partial charge < -0.3 is 5.11 Å². The molecular weight excluding hydrogens is 210 g/mol. The molecule has 0 bridgehead atoms. The summed E-state index contributed by atoms with van der Waals surface area (Å²) in [5.74, 6) is -0.786. The summed E-state index contributed by atoms with van der Waals surface area (Å²) in [6, 6.07) is 9.13. The zero-order valence-electron chi connectivity index (χ0n) is 8.72. The summed E-state index contributed by atoms with van der Waals surface area (Å²) in [5.41, 5.74) is 0.843. The molecule has 0 radical (unpaired) electrons. The monoisotopic (exact) mass is 225 g/mol. The maximum atomic E-state index is 10.2. The van der Waals surface area contributed by atoms with Crippen LogP contribution < -0.4 is 0 Å². The first kappa shape index (κ1) is 13.7. The number of benzene rings is 1. The lowest BCUT2D eigenvalue weighted by atomic mass is 10.2. The highest BCUT2D eigenvalue weighted by Gasteiger charge is 1.96. The minimum Gasteiger partial charge on any atom is -0.481 e. The van der Waals surface area contributed by atoms with Crippen LogP contribution in [-0.2, 0) is 23.6 Å². The number of rotatable bonds is 4. The number of nitrogens with zero attached hydrogens (tertiary/aromatic N) is 1. The molecule has 1 aromatic rings. The molecule has 0 heterocycles. The van der Waals surface area contributed by atoms with Gasteiger partial charge in [0.2, 0.25) is 0 Å². The molecule has 0 amide bonds. The smallest absolute Gasteiger partial charge is 0.307 e. The van der Waals surface area contributed by atoms with Gasteiger partial charge in [-0.15, -0.1) is 0 Å². The van der Waals surface area contributed by atoms with Crippen LogP contribution in [0.15, 0.2) is 34.7 Å². The van der Waals surface area contributed by atoms with Crippen LogP contribution in [-0.4, -0.2) is 17.6 Å². The molecule has 82 valence electrons. The maximum absolute atomic E-state index is 10.2. The number of aliphatic carboxylic acids is 1. The number of carboxylic acid groups (broad SMARTS) is 1. The van der Waals surface area contributed by atoms with Gasteiger partial charge in [-0.2, -0.15) is 0 Å². The van der Waals surface area contributed by atoms with E-state index in [1.54, 1.807) is 12.1 Å². The first-order valence-electron chi connectivity index (χ1n) is 4.75. The third-order valence-corrected chi connectivity index (χ3v) is 1.70. The summed E-state index contributed by atoms with van der Waals surface area (Å²) in [5, 5.41) is 8.37. The molecule has 3 nitrogen and oxygen atoms in total. The molecule has 0 saturated carbocycles. The standard InChI is InChI=1S/C8H8O2.C3H7NS/c9-8(10)6-7-4-2-1-3-5-7;1-2-3-4-5/h1-5H,6H2,(H,9,10);2-3H2,1H3. The Morgan fingerprint density at radius 2 is 2.00 bits per heavy atom. The van der Waals surface area contributed by atoms with Gasteiger partial charge in [-0.3, -0.25) is 4.79 Å². The van der Waals surface area contributed by atoms with Crippen molar-refractivity contribution in [1.82, 2.24) is 0 Å². The molecule has 1 N–H and O–H groups in total. The number of carbonyl (C=O) groups is 1. The highest BCUT2D eigenvalue weighted by molar-refractivity contribution is 7.47. The van der Waals surface area contributed by atoms with E-state index in [0.717, 1.165) is 18.5 Å². The zero-order chi connectivity index (χ0) is 11.5. The second kappa shape index (κ2) is 9.27. The van der Waals surface area contributed by atoms with Crippen LogP contribution in [0.3, 0.4) is 0 Å². The van der Waals surface area contributed by atoms with Gasteiger partial charge in [0, 0.05) is 12.4 Å². The molecule has 0 aromatic heterocycles. The number of hydrogen-bond donors (Lipinski definition) is 1. The van der Waals surface area contributed by atoms with Crippen molar-refractivity contribution in [2.75, 3.05) is 6.54 Å². The van der Waals surface area contributed by atoms with Gasteiger partial charge in [-0.25, -0.2) is 4.36 Å². The van der Waals surface area contributed by atoms with Crippen molar-refractivity contribution in [3.05, 3.63) is 35.9 Å². The van der Waals surface area contributed by atoms with E-state index in [2.05, 4.69) is 23.7 Å². The molecule has 1 rings (SSSR count). The Morgan fingerprint density at radius 1 is 1.40 bits per heavy atom. The zero-order valence-corrected chi connectivity index (χ0v) is 9.54. The lowest BCUT2D eigenvalue weighted by Crippen LogP contribution is -1.98. The topological polar surface area (TPSA) is 49.7 Å². The highest BCUT2D eigenvalue weighted by atomic mass is 32.1. The Hall–Kier alpha value is -1.29. The predicted molar refractivity (Wildman–Crippen MR) is 62.7 cm³/mol. The van der Waals surface area contributed by atoms with Crippen molar-refractivity contribution in [2.24, 2.45) is 4.36 Å². The Morgan fingerprint density at radius 3 is 2.33 bits per heavy atom. The molecule has 0 unspecified atom stereocenters. The second-order valence-electron chi connectivity index (χ2n) is 2.91. The van der Waals surface area contributed by atoms with E-state index < -0.39 is 5.97 Å². The lowest BCUT2D eigenvalue weighted by Gasteiger charge is -1.92. The summed E-state index contributed by atoms with van der Waals surface area (Å²) in [6.45, 7) is 2.88. The van der Waals surface area contributed by atoms with Gasteiger partial charge >= 0.3 is 5.97 Å². The Kier molecular flexibility index (Phi) is 8.47. The molecule has 15 heavy (non-hydrogen) atoms. The van der Waals surface area contributed by atoms with Crippen LogP contribution >= 0.6 is 0 Å². The van der Waals surface area contributed by atoms with E-state index in [1.807, 2.05) is 18.2 Å². The third-order valence-electron chi connectivity index (χ3n) is 1.51. The molecule has 0 atom stereocenters. The van der Waals surface area contributed by atoms with Gasteiger partial charge in [0.25, 0.3) is 0 Å². The highest BCUT2D eigenvalue weighted by Crippen LogP contribution is 1.98. The molecule has 0 fully saturated rings. The minimum atomic E-state index is -0.786. The SMILES string of the molecule is CCCN=S.O=C(O)Cc1ccccc1. The van der Waals surface area contributed by atoms with E-state index in [4.69, 9.17) is 5.11 Å². The van der Waals surface area contributed by atoms with Crippen molar-refractivity contribution in [1.29, 1.82) is 0 Å². The Bertz CT molecular complexity index is 288. The van der Waals surface area contributed by atoms with Crippen molar-refractivity contribution >= 4 is 18.4 Å². The maximum Gasteiger partial charge on any atom is 0.307 e. The second-order valence-corrected chi connectivity index (χ2v) is 3.17. The van der Waals surface area contributed by atoms with E-state index in [9.17, 15) is 4.79 Å². The minimum absolute atomic E-state index is 0.112. The predicted octanol–water partition coefficient (Wildman–Crippen LogP) is 2.44. The molecule has 0 saturated heterocycles. The molecule has 0 spiro atoms.